The first-order valence-electron chi connectivity index (χ1n) is 15.1. The Morgan fingerprint density at radius 2 is 1.71 bits per heavy atom. The molecule has 45 heavy (non-hydrogen) atoms. The number of amides is 1. The number of nitrogens with two attached hydrogens (primary N) is 1. The topological polar surface area (TPSA) is 194 Å². The Kier molecular flexibility index (Phi) is 8.10. The van der Waals surface area contributed by atoms with Crippen molar-refractivity contribution < 1.29 is 39.9 Å². The first kappa shape index (κ1) is 32.2. The van der Waals surface area contributed by atoms with Gasteiger partial charge < -0.3 is 36.6 Å². The van der Waals surface area contributed by atoms with Gasteiger partial charge in [-0.15, -0.1) is 0 Å². The van der Waals surface area contributed by atoms with Crippen LogP contribution in [0.3, 0.4) is 0 Å². The molecule has 0 aromatic heterocycles. The van der Waals surface area contributed by atoms with Crippen LogP contribution in [0.4, 0.5) is 5.69 Å². The van der Waals surface area contributed by atoms with E-state index in [1.165, 1.54) is 19.0 Å². The Labute approximate surface area is 261 Å². The van der Waals surface area contributed by atoms with Crippen LogP contribution < -0.4 is 11.1 Å². The number of phenols is 1. The molecule has 0 unspecified atom stereocenters. The van der Waals surface area contributed by atoms with Gasteiger partial charge >= 0.3 is 0 Å². The molecule has 0 spiro atoms. The van der Waals surface area contributed by atoms with Crippen LogP contribution >= 0.6 is 0 Å². The van der Waals surface area contributed by atoms with Gasteiger partial charge in [0.05, 0.1) is 23.6 Å². The molecule has 6 atom stereocenters. The number of likely N-dealkylation sites (N-methyl/N-ethyl adjacent to an activating group) is 1. The van der Waals surface area contributed by atoms with Crippen LogP contribution in [0.5, 0.6) is 5.75 Å². The summed E-state index contributed by atoms with van der Waals surface area (Å²) in [6, 6.07) is 12.0. The zero-order valence-corrected chi connectivity index (χ0v) is 26.0. The van der Waals surface area contributed by atoms with Crippen LogP contribution in [-0.4, -0.2) is 86.3 Å². The maximum atomic E-state index is 14.2. The first-order valence-corrected chi connectivity index (χ1v) is 15.1. The van der Waals surface area contributed by atoms with E-state index in [2.05, 4.69) is 5.32 Å². The molecule has 11 nitrogen and oxygen atoms in total. The van der Waals surface area contributed by atoms with Crippen molar-refractivity contribution in [1.82, 2.24) is 4.90 Å². The van der Waals surface area contributed by atoms with Crippen molar-refractivity contribution in [3.05, 3.63) is 81.8 Å². The number of rotatable bonds is 8. The number of fused-ring (bicyclic) bond motifs is 3. The van der Waals surface area contributed by atoms with Crippen molar-refractivity contribution in [2.45, 2.75) is 62.7 Å². The van der Waals surface area contributed by atoms with Crippen LogP contribution in [0.1, 0.15) is 61.0 Å². The molecule has 11 heteroatoms. The molecule has 0 aliphatic heterocycles. The van der Waals surface area contributed by atoms with Crippen molar-refractivity contribution in [3.8, 4) is 5.75 Å². The van der Waals surface area contributed by atoms with E-state index >= 15 is 0 Å². The van der Waals surface area contributed by atoms with Crippen molar-refractivity contribution in [2.75, 3.05) is 26.0 Å². The van der Waals surface area contributed by atoms with E-state index in [0.29, 0.717) is 24.1 Å². The molecule has 8 N–H and O–H groups in total. The monoisotopic (exact) mass is 619 g/mol. The lowest BCUT2D eigenvalue weighted by Gasteiger charge is -2.53. The molecule has 0 radical (unpaired) electrons. The van der Waals surface area contributed by atoms with Crippen LogP contribution in [0.2, 0.25) is 0 Å². The molecule has 1 amide bonds. The number of hydrogen-bond acceptors (Lipinski definition) is 10. The molecule has 0 bridgehead atoms. The quantitative estimate of drug-likeness (QED) is 0.171. The second-order valence-corrected chi connectivity index (χ2v) is 13.3. The van der Waals surface area contributed by atoms with Gasteiger partial charge in [0.25, 0.3) is 5.91 Å². The summed E-state index contributed by atoms with van der Waals surface area (Å²) < 4.78 is 0. The smallest absolute Gasteiger partial charge is 0.255 e. The Morgan fingerprint density at radius 3 is 2.31 bits per heavy atom. The van der Waals surface area contributed by atoms with E-state index in [4.69, 9.17) is 5.73 Å². The summed E-state index contributed by atoms with van der Waals surface area (Å²) in [6.07, 6.45) is -0.211. The number of ketones is 2. The minimum absolute atomic E-state index is 0.0801. The molecule has 0 saturated carbocycles. The fourth-order valence-corrected chi connectivity index (χ4v) is 7.62. The number of aliphatic hydroxyl groups is 4. The number of hydrogen-bond donors (Lipinski definition) is 7. The number of carbonyl (C=O) groups is 3. The molecule has 0 fully saturated rings. The molecule has 3 aliphatic carbocycles. The molecular weight excluding hydrogens is 578 g/mol. The minimum atomic E-state index is -2.94. The summed E-state index contributed by atoms with van der Waals surface area (Å²) in [5, 5.41) is 61.2. The lowest BCUT2D eigenvalue weighted by molar-refractivity contribution is -0.162. The number of nitrogens with zero attached hydrogens (tertiary/aromatic N) is 1. The van der Waals surface area contributed by atoms with Crippen LogP contribution in [0.15, 0.2) is 65.1 Å². The highest BCUT2D eigenvalue weighted by Gasteiger charge is 2.67. The van der Waals surface area contributed by atoms with E-state index < -0.39 is 81.1 Å². The summed E-state index contributed by atoms with van der Waals surface area (Å²) >= 11 is 0. The Balaban J connectivity index is 1.56. The van der Waals surface area contributed by atoms with Crippen LogP contribution in [0, 0.1) is 11.8 Å². The summed E-state index contributed by atoms with van der Waals surface area (Å²) in [4.78, 5) is 41.4. The molecule has 0 heterocycles. The second-order valence-electron chi connectivity index (χ2n) is 13.3. The van der Waals surface area contributed by atoms with Crippen LogP contribution in [-0.2, 0) is 15.0 Å². The summed E-state index contributed by atoms with van der Waals surface area (Å²) in [6.45, 7) is 6.32. The van der Waals surface area contributed by atoms with E-state index in [-0.39, 0.29) is 11.3 Å². The largest absolute Gasteiger partial charge is 0.510 e. The van der Waals surface area contributed by atoms with Crippen molar-refractivity contribution >= 4 is 23.2 Å². The van der Waals surface area contributed by atoms with Gasteiger partial charge in [0.1, 0.15) is 22.8 Å². The molecule has 2 aromatic rings. The number of aromatic hydroxyl groups is 1. The average molecular weight is 620 g/mol. The third-order valence-electron chi connectivity index (χ3n) is 9.94. The lowest BCUT2D eigenvalue weighted by Crippen LogP contribution is -2.68. The number of primary amides is 1. The molecule has 0 saturated heterocycles. The number of phenolic OH excluding ortho intramolecular Hbond substituents is 1. The molecule has 5 rings (SSSR count). The molecule has 3 aliphatic rings. The summed E-state index contributed by atoms with van der Waals surface area (Å²) in [7, 11) is 3.00. The number of aliphatic hydroxyl groups excluding tert-OH is 3. The second kappa shape index (κ2) is 11.3. The minimum Gasteiger partial charge on any atom is -0.510 e. The number of nitrogens with one attached hydrogen (secondary N) is 1. The van der Waals surface area contributed by atoms with Gasteiger partial charge in [-0.3, -0.25) is 19.3 Å². The van der Waals surface area contributed by atoms with Gasteiger partial charge in [-0.1, -0.05) is 51.1 Å². The van der Waals surface area contributed by atoms with Gasteiger partial charge in [-0.05, 0) is 56.0 Å². The van der Waals surface area contributed by atoms with Gasteiger partial charge in [0, 0.05) is 29.3 Å². The number of Topliss-reactive ketones (excluding diaryl/α,β-unsaturated/α-hetero) is 2. The highest BCUT2D eigenvalue weighted by Crippen LogP contribution is 2.56. The highest BCUT2D eigenvalue weighted by molar-refractivity contribution is 6.25. The molecule has 2 aromatic carbocycles. The maximum Gasteiger partial charge on any atom is 0.255 e. The van der Waals surface area contributed by atoms with Gasteiger partial charge in [0.2, 0.25) is 5.78 Å². The fraction of sp³-hybridized carbons (Fsp3) is 0.441. The molecular formula is C34H41N3O8. The zero-order valence-electron chi connectivity index (χ0n) is 26.0. The Bertz CT molecular complexity index is 1630. The Morgan fingerprint density at radius 1 is 1.07 bits per heavy atom. The van der Waals surface area contributed by atoms with Crippen molar-refractivity contribution in [3.63, 3.8) is 0 Å². The third-order valence-corrected chi connectivity index (χ3v) is 9.94. The Hall–Kier alpha value is -4.19. The predicted molar refractivity (Wildman–Crippen MR) is 167 cm³/mol. The van der Waals surface area contributed by atoms with Crippen molar-refractivity contribution in [1.29, 1.82) is 0 Å². The van der Waals surface area contributed by atoms with E-state index in [9.17, 15) is 39.9 Å². The summed E-state index contributed by atoms with van der Waals surface area (Å²) in [5.41, 5.74) is 2.41. The average Bonchev–Trinajstić information content (AvgIpc) is 2.97. The highest BCUT2D eigenvalue weighted by atomic mass is 16.4. The fourth-order valence-electron chi connectivity index (χ4n) is 7.62. The lowest BCUT2D eigenvalue weighted by atomic mass is 9.55. The molecule has 240 valence electrons. The SMILES string of the molecule is C[C@@H]1c2ccc(C(C)(C)CCCNc3ccccc3)c(O)c2C(=O)C2=C(O)[C@]3(O)C(=O)C(C(N)=O)=C(O)[C@H](N(C)C)[C@@H]3[C@@H](O)[C@@H]21. The summed E-state index contributed by atoms with van der Waals surface area (Å²) in [5.74, 6) is -8.92. The number of para-hydroxylation sites is 1. The predicted octanol–water partition coefficient (Wildman–Crippen LogP) is 2.82. The van der Waals surface area contributed by atoms with E-state index in [1.54, 1.807) is 19.1 Å². The number of benzene rings is 2. The normalized spacial score (nSPS) is 28.1. The standard InChI is InChI=1S/C34H41N3O8/c1-16-18-12-13-19(33(2,3)14-9-15-36-17-10-7-6-8-11-17)26(38)21(18)27(39)22-20(16)28(40)24-25(37(4)5)29(41)23(32(35)44)31(43)34(24,45)30(22)42/h6-8,10-13,16,20,24-25,28,36,38,40-42,45H,9,14-15H2,1-5H3,(H2,35,44)/t16-,20-,24-,25-,28+,34+/m1/s1. The van der Waals surface area contributed by atoms with Gasteiger partial charge in [0.15, 0.2) is 11.4 Å². The third kappa shape index (κ3) is 4.81. The maximum absolute atomic E-state index is 14.2. The zero-order chi connectivity index (χ0) is 33.2. The first-order chi connectivity index (χ1) is 21.1. The van der Waals surface area contributed by atoms with Crippen LogP contribution in [0.25, 0.3) is 0 Å². The van der Waals surface area contributed by atoms with E-state index in [1.807, 2.05) is 44.2 Å². The number of carbonyl (C=O) groups excluding carboxylic acids is 3. The van der Waals surface area contributed by atoms with Gasteiger partial charge in [-0.2, -0.15) is 0 Å². The van der Waals surface area contributed by atoms with Crippen molar-refractivity contribution in [2.24, 2.45) is 17.6 Å². The van der Waals surface area contributed by atoms with E-state index in [0.717, 1.165) is 12.1 Å². The number of anilines is 1. The van der Waals surface area contributed by atoms with Gasteiger partial charge in [-0.25, -0.2) is 0 Å².